The van der Waals surface area contributed by atoms with Crippen LogP contribution in [0.2, 0.25) is 0 Å². The number of hydrogen-bond donors (Lipinski definition) is 0. The minimum atomic E-state index is -3.37. The Hall–Kier alpha value is -0.820. The third-order valence-electron chi connectivity index (χ3n) is 2.76. The van der Waals surface area contributed by atoms with Gasteiger partial charge in [0.1, 0.15) is 5.60 Å². The Labute approximate surface area is 115 Å². The molecule has 1 rings (SSSR count). The number of nitrogens with zero attached hydrogens (tertiary/aromatic N) is 1. The fourth-order valence-corrected chi connectivity index (χ4v) is 2.33. The van der Waals surface area contributed by atoms with Crippen LogP contribution in [0.25, 0.3) is 0 Å². The van der Waals surface area contributed by atoms with E-state index in [9.17, 15) is 13.2 Å². The van der Waals surface area contributed by atoms with Gasteiger partial charge in [-0.25, -0.2) is 4.79 Å². The molecule has 7 heteroatoms. The third kappa shape index (κ3) is 6.77. The summed E-state index contributed by atoms with van der Waals surface area (Å²) in [6.45, 7) is 6.92. The lowest BCUT2D eigenvalue weighted by atomic mass is 10.1. The van der Waals surface area contributed by atoms with Gasteiger partial charge in [0.2, 0.25) is 0 Å². The Balaban J connectivity index is 2.32. The van der Waals surface area contributed by atoms with Crippen LogP contribution in [0.15, 0.2) is 0 Å². The second-order valence-electron chi connectivity index (χ2n) is 5.90. The average Bonchev–Trinajstić information content (AvgIpc) is 2.61. The Morgan fingerprint density at radius 1 is 1.37 bits per heavy atom. The van der Waals surface area contributed by atoms with Gasteiger partial charge in [0.15, 0.2) is 0 Å². The summed E-state index contributed by atoms with van der Waals surface area (Å²) in [5.74, 6) is 0.272. The first kappa shape index (κ1) is 16.2. The maximum atomic E-state index is 11.8. The molecule has 1 aliphatic rings. The smallest absolute Gasteiger partial charge is 0.410 e. The number of ether oxygens (including phenoxy) is 1. The second-order valence-corrected chi connectivity index (χ2v) is 7.54. The second kappa shape index (κ2) is 6.09. The van der Waals surface area contributed by atoms with E-state index in [-0.39, 0.29) is 18.6 Å². The zero-order chi connectivity index (χ0) is 14.7. The molecule has 0 spiro atoms. The fraction of sp³-hybridized carbons (Fsp3) is 0.917. The Morgan fingerprint density at radius 3 is 2.53 bits per heavy atom. The van der Waals surface area contributed by atoms with E-state index in [1.807, 2.05) is 20.8 Å². The van der Waals surface area contributed by atoms with Crippen LogP contribution >= 0.6 is 0 Å². The Bertz CT molecular complexity index is 412. The molecule has 0 aromatic carbocycles. The molecule has 1 saturated heterocycles. The first-order valence-electron chi connectivity index (χ1n) is 6.39. The predicted molar refractivity (Wildman–Crippen MR) is 71.3 cm³/mol. The van der Waals surface area contributed by atoms with Gasteiger partial charge in [-0.05, 0) is 39.5 Å². The normalized spacial score (nSPS) is 20.6. The van der Waals surface area contributed by atoms with Crippen molar-refractivity contribution in [3.63, 3.8) is 0 Å². The minimum absolute atomic E-state index is 0.172. The minimum Gasteiger partial charge on any atom is -0.444 e. The summed E-state index contributed by atoms with van der Waals surface area (Å²) in [6.07, 6.45) is 2.21. The summed E-state index contributed by atoms with van der Waals surface area (Å²) in [4.78, 5) is 13.5. The Morgan fingerprint density at radius 2 is 2.00 bits per heavy atom. The number of amides is 1. The number of rotatable bonds is 4. The van der Waals surface area contributed by atoms with E-state index in [0.717, 1.165) is 12.7 Å². The molecule has 0 aromatic heterocycles. The molecule has 1 fully saturated rings. The molecule has 0 N–H and O–H groups in total. The number of hydrogen-bond acceptors (Lipinski definition) is 5. The van der Waals surface area contributed by atoms with Crippen LogP contribution in [0.5, 0.6) is 0 Å². The van der Waals surface area contributed by atoms with E-state index < -0.39 is 15.7 Å². The molecule has 0 bridgehead atoms. The van der Waals surface area contributed by atoms with Crippen molar-refractivity contribution in [2.24, 2.45) is 5.92 Å². The van der Waals surface area contributed by atoms with Crippen molar-refractivity contribution in [2.45, 2.75) is 39.2 Å². The maximum absolute atomic E-state index is 11.8. The lowest BCUT2D eigenvalue weighted by molar-refractivity contribution is 0.0286. The SMILES string of the molecule is CC(C)(C)OC(=O)N1CC[C@@H](CCOS(C)(=O)=O)C1. The molecule has 0 unspecified atom stereocenters. The van der Waals surface area contributed by atoms with Gasteiger partial charge >= 0.3 is 6.09 Å². The van der Waals surface area contributed by atoms with E-state index >= 15 is 0 Å². The quantitative estimate of drug-likeness (QED) is 0.736. The molecule has 0 radical (unpaired) electrons. The van der Waals surface area contributed by atoms with Crippen molar-refractivity contribution in [3.05, 3.63) is 0 Å². The molecule has 0 aromatic rings. The highest BCUT2D eigenvalue weighted by Gasteiger charge is 2.29. The fourth-order valence-electron chi connectivity index (χ4n) is 1.93. The highest BCUT2D eigenvalue weighted by Crippen LogP contribution is 2.22. The van der Waals surface area contributed by atoms with Crippen LogP contribution in [-0.4, -0.2) is 51.0 Å². The van der Waals surface area contributed by atoms with Gasteiger partial charge in [0.25, 0.3) is 10.1 Å². The van der Waals surface area contributed by atoms with Crippen LogP contribution in [0, 0.1) is 5.92 Å². The highest BCUT2D eigenvalue weighted by atomic mass is 32.2. The standard InChI is InChI=1S/C12H23NO5S/c1-12(2,3)18-11(14)13-7-5-10(9-13)6-8-17-19(4,15)16/h10H,5-9H2,1-4H3/t10-/m0/s1. The zero-order valence-corrected chi connectivity index (χ0v) is 12.8. The number of carbonyl (C=O) groups excluding carboxylic acids is 1. The lowest BCUT2D eigenvalue weighted by Crippen LogP contribution is -2.35. The van der Waals surface area contributed by atoms with Crippen molar-refractivity contribution in [2.75, 3.05) is 26.0 Å². The summed E-state index contributed by atoms with van der Waals surface area (Å²) >= 11 is 0. The molecule has 1 aliphatic heterocycles. The van der Waals surface area contributed by atoms with E-state index in [1.54, 1.807) is 4.90 Å². The summed E-state index contributed by atoms with van der Waals surface area (Å²) < 4.78 is 31.6. The van der Waals surface area contributed by atoms with Crippen LogP contribution in [0.3, 0.4) is 0 Å². The molecule has 0 aliphatic carbocycles. The molecular formula is C12H23NO5S. The van der Waals surface area contributed by atoms with Gasteiger partial charge in [0.05, 0.1) is 12.9 Å². The summed E-state index contributed by atoms with van der Waals surface area (Å²) in [6, 6.07) is 0. The molecule has 112 valence electrons. The molecule has 6 nitrogen and oxygen atoms in total. The van der Waals surface area contributed by atoms with E-state index in [1.165, 1.54) is 0 Å². The van der Waals surface area contributed by atoms with E-state index in [0.29, 0.717) is 19.5 Å². The van der Waals surface area contributed by atoms with Crippen LogP contribution < -0.4 is 0 Å². The third-order valence-corrected chi connectivity index (χ3v) is 3.36. The molecule has 19 heavy (non-hydrogen) atoms. The maximum Gasteiger partial charge on any atom is 0.410 e. The van der Waals surface area contributed by atoms with E-state index in [4.69, 9.17) is 8.92 Å². The predicted octanol–water partition coefficient (Wildman–Crippen LogP) is 1.61. The van der Waals surface area contributed by atoms with Crippen LogP contribution in [0.4, 0.5) is 4.79 Å². The van der Waals surface area contributed by atoms with Crippen LogP contribution in [0.1, 0.15) is 33.6 Å². The first-order chi connectivity index (χ1) is 8.57. The van der Waals surface area contributed by atoms with E-state index in [2.05, 4.69) is 0 Å². The summed E-state index contributed by atoms with van der Waals surface area (Å²) in [5, 5.41) is 0. The molecule has 1 amide bonds. The average molecular weight is 293 g/mol. The van der Waals surface area contributed by atoms with Crippen molar-refractivity contribution in [1.82, 2.24) is 4.90 Å². The topological polar surface area (TPSA) is 72.9 Å². The monoisotopic (exact) mass is 293 g/mol. The zero-order valence-electron chi connectivity index (χ0n) is 12.0. The van der Waals surface area contributed by atoms with Gasteiger partial charge in [-0.15, -0.1) is 0 Å². The van der Waals surface area contributed by atoms with Crippen molar-refractivity contribution < 1.29 is 22.1 Å². The first-order valence-corrected chi connectivity index (χ1v) is 8.21. The number of carbonyl (C=O) groups is 1. The highest BCUT2D eigenvalue weighted by molar-refractivity contribution is 7.85. The Kier molecular flexibility index (Phi) is 5.20. The van der Waals surface area contributed by atoms with Gasteiger partial charge < -0.3 is 9.64 Å². The molecule has 0 saturated carbocycles. The molecule has 1 atom stereocenters. The lowest BCUT2D eigenvalue weighted by Gasteiger charge is -2.24. The molecular weight excluding hydrogens is 270 g/mol. The largest absolute Gasteiger partial charge is 0.444 e. The van der Waals surface area contributed by atoms with Gasteiger partial charge in [0, 0.05) is 13.1 Å². The van der Waals surface area contributed by atoms with Crippen molar-refractivity contribution in [1.29, 1.82) is 0 Å². The van der Waals surface area contributed by atoms with Crippen LogP contribution in [-0.2, 0) is 19.0 Å². The van der Waals surface area contributed by atoms with Gasteiger partial charge in [-0.2, -0.15) is 8.42 Å². The van der Waals surface area contributed by atoms with Gasteiger partial charge in [-0.3, -0.25) is 4.18 Å². The molecule has 1 heterocycles. The van der Waals surface area contributed by atoms with Gasteiger partial charge in [-0.1, -0.05) is 0 Å². The van der Waals surface area contributed by atoms with Crippen molar-refractivity contribution >= 4 is 16.2 Å². The van der Waals surface area contributed by atoms with Crippen molar-refractivity contribution in [3.8, 4) is 0 Å². The summed E-state index contributed by atoms with van der Waals surface area (Å²) in [7, 11) is -3.37. The summed E-state index contributed by atoms with van der Waals surface area (Å²) in [5.41, 5.74) is -0.491. The number of likely N-dealkylation sites (tertiary alicyclic amines) is 1.